The Morgan fingerprint density at radius 1 is 1.26 bits per heavy atom. The second-order valence-electron chi connectivity index (χ2n) is 8.83. The first-order valence-corrected chi connectivity index (χ1v) is 12.6. The number of anilines is 2. The summed E-state index contributed by atoms with van der Waals surface area (Å²) in [4.78, 5) is 15.4. The lowest BCUT2D eigenvalue weighted by Crippen LogP contribution is -2.32. The molecule has 2 aromatic heterocycles. The highest BCUT2D eigenvalue weighted by Crippen LogP contribution is 2.59. The Labute approximate surface area is 199 Å². The minimum Gasteiger partial charge on any atom is -0.338 e. The van der Waals surface area contributed by atoms with E-state index >= 15 is 0 Å². The van der Waals surface area contributed by atoms with Gasteiger partial charge in [0.1, 0.15) is 11.9 Å². The highest BCUT2D eigenvalue weighted by molar-refractivity contribution is 8.22. The van der Waals surface area contributed by atoms with E-state index in [1.807, 2.05) is 0 Å². The molecule has 1 saturated carbocycles. The van der Waals surface area contributed by atoms with Crippen LogP contribution in [0.1, 0.15) is 37.3 Å². The zero-order valence-electron chi connectivity index (χ0n) is 18.4. The highest BCUT2D eigenvalue weighted by atomic mass is 32.3. The summed E-state index contributed by atoms with van der Waals surface area (Å²) in [6, 6.07) is 8.30. The maximum atomic E-state index is 12.9. The van der Waals surface area contributed by atoms with Gasteiger partial charge in [0.15, 0.2) is 5.82 Å². The van der Waals surface area contributed by atoms with Crippen LogP contribution in [0.2, 0.25) is 0 Å². The van der Waals surface area contributed by atoms with Crippen molar-refractivity contribution in [2.75, 3.05) is 11.9 Å². The third-order valence-corrected chi connectivity index (χ3v) is 8.49. The van der Waals surface area contributed by atoms with Gasteiger partial charge in [-0.1, -0.05) is 12.8 Å². The van der Waals surface area contributed by atoms with Crippen LogP contribution in [0.3, 0.4) is 0 Å². The molecule has 1 aromatic carbocycles. The zero-order chi connectivity index (χ0) is 25.0. The van der Waals surface area contributed by atoms with Crippen molar-refractivity contribution < 1.29 is 22.3 Å². The van der Waals surface area contributed by atoms with E-state index in [0.29, 0.717) is 26.5 Å². The summed E-state index contributed by atoms with van der Waals surface area (Å²) in [5, 5.41) is 17.6. The Bertz CT molecular complexity index is 1380. The summed E-state index contributed by atoms with van der Waals surface area (Å²) in [7, 11) is -3.75. The Hall–Kier alpha value is -3.05. The monoisotopic (exact) mass is 508 g/mol. The zero-order valence-corrected chi connectivity index (χ0v) is 19.2. The van der Waals surface area contributed by atoms with Gasteiger partial charge in [-0.15, -0.1) is 10.8 Å². The minimum absolute atomic E-state index is 0.0413. The fourth-order valence-electron chi connectivity index (χ4n) is 4.94. The largest absolute Gasteiger partial charge is 0.403 e. The maximum Gasteiger partial charge on any atom is 0.403 e. The molecule has 5 rings (SSSR count). The van der Waals surface area contributed by atoms with E-state index in [-0.39, 0.29) is 34.8 Å². The molecular weight excluding hydrogens is 485 g/mol. The molecule has 1 aliphatic heterocycles. The maximum absolute atomic E-state index is 12.9. The predicted octanol–water partition coefficient (Wildman–Crippen LogP) is 5.13. The summed E-state index contributed by atoms with van der Waals surface area (Å²) in [6.07, 6.45) is 0.348. The molecule has 2 aliphatic rings. The van der Waals surface area contributed by atoms with Crippen molar-refractivity contribution in [3.05, 3.63) is 46.4 Å². The predicted molar refractivity (Wildman–Crippen MR) is 124 cm³/mol. The van der Waals surface area contributed by atoms with Crippen LogP contribution < -0.4 is 10.9 Å². The number of benzene rings is 1. The average molecular weight is 509 g/mol. The number of H-pyrrole nitrogens is 1. The molecule has 13 heteroatoms. The molecule has 0 bridgehead atoms. The second-order valence-corrected chi connectivity index (χ2v) is 10.8. The summed E-state index contributed by atoms with van der Waals surface area (Å²) >= 11 is 0. The summed E-state index contributed by atoms with van der Waals surface area (Å²) in [5.41, 5.74) is 0.985. The van der Waals surface area contributed by atoms with Gasteiger partial charge in [-0.3, -0.25) is 18.6 Å². The number of hydrogen-bond acceptors (Lipinski definition) is 7. The number of rotatable bonds is 4. The van der Waals surface area contributed by atoms with Gasteiger partial charge in [0.2, 0.25) is 0 Å². The normalized spacial score (nSPS) is 23.1. The molecular formula is C22H23F3N6O3S. The van der Waals surface area contributed by atoms with E-state index in [1.54, 1.807) is 10.7 Å². The molecule has 3 aromatic rings. The molecule has 3 heterocycles. The third-order valence-electron chi connectivity index (χ3n) is 6.52. The summed E-state index contributed by atoms with van der Waals surface area (Å²) < 4.78 is 61.8. The van der Waals surface area contributed by atoms with Crippen molar-refractivity contribution in [2.45, 2.75) is 49.3 Å². The molecule has 0 saturated heterocycles. The number of halogens is 3. The number of nitrogens with one attached hydrogen (secondary N) is 2. The van der Waals surface area contributed by atoms with Crippen LogP contribution in [-0.4, -0.2) is 40.9 Å². The number of pyridine rings is 1. The molecule has 1 aliphatic carbocycles. The first-order valence-electron chi connectivity index (χ1n) is 11.1. The van der Waals surface area contributed by atoms with Gasteiger partial charge in [0.05, 0.1) is 28.4 Å². The highest BCUT2D eigenvalue weighted by Gasteiger charge is 2.42. The summed E-state index contributed by atoms with van der Waals surface area (Å²) in [5.74, 6) is 0.0182. The quantitative estimate of drug-likeness (QED) is 0.385. The topological polar surface area (TPSA) is 130 Å². The van der Waals surface area contributed by atoms with E-state index in [2.05, 4.69) is 21.5 Å². The Balaban J connectivity index is 1.51. The fourth-order valence-corrected chi connectivity index (χ4v) is 6.59. The van der Waals surface area contributed by atoms with Gasteiger partial charge in [-0.2, -0.15) is 27.8 Å². The summed E-state index contributed by atoms with van der Waals surface area (Å²) in [6.45, 7) is -1.73. The molecule has 9 nitrogen and oxygen atoms in total. The molecule has 35 heavy (non-hydrogen) atoms. The van der Waals surface area contributed by atoms with Crippen molar-refractivity contribution >= 4 is 33.2 Å². The van der Waals surface area contributed by atoms with Crippen molar-refractivity contribution in [2.24, 2.45) is 5.92 Å². The number of aromatic nitrogens is 3. The molecule has 0 radical (unpaired) electrons. The van der Waals surface area contributed by atoms with Crippen LogP contribution in [0.5, 0.6) is 0 Å². The first-order chi connectivity index (χ1) is 16.6. The average Bonchev–Trinajstić information content (AvgIpc) is 3.28. The van der Waals surface area contributed by atoms with Gasteiger partial charge in [-0.25, -0.2) is 0 Å². The number of nitriles is 1. The fraction of sp³-hybridized carbons (Fsp3) is 0.409. The number of alkyl halides is 3. The Morgan fingerprint density at radius 2 is 2.03 bits per heavy atom. The van der Waals surface area contributed by atoms with Crippen LogP contribution in [-0.2, 0) is 6.54 Å². The lowest BCUT2D eigenvalue weighted by Gasteiger charge is -2.37. The third kappa shape index (κ3) is 4.27. The first kappa shape index (κ1) is 23.7. The van der Waals surface area contributed by atoms with Crippen molar-refractivity contribution in [3.8, 4) is 6.07 Å². The molecule has 186 valence electrons. The van der Waals surface area contributed by atoms with Gasteiger partial charge >= 0.3 is 6.18 Å². The lowest BCUT2D eigenvalue weighted by atomic mass is 9.85. The van der Waals surface area contributed by atoms with Crippen LogP contribution in [0, 0.1) is 17.2 Å². The van der Waals surface area contributed by atoms with E-state index in [9.17, 15) is 32.3 Å². The Morgan fingerprint density at radius 3 is 2.77 bits per heavy atom. The Kier molecular flexibility index (Phi) is 5.79. The molecule has 2 atom stereocenters. The molecule has 0 amide bonds. The van der Waals surface area contributed by atoms with E-state index in [0.717, 1.165) is 25.7 Å². The number of fused-ring (bicyclic) bond motifs is 2. The van der Waals surface area contributed by atoms with Gasteiger partial charge in [0, 0.05) is 18.4 Å². The SMILES string of the molecule is N#CC1CCCCC1n1nc(Nc2ccc3c(c2)CN(CC(F)(F)F)S3(O)O)c2c(=O)[nH]ccc21. The van der Waals surface area contributed by atoms with Crippen LogP contribution in [0.25, 0.3) is 10.9 Å². The number of nitrogens with zero attached hydrogens (tertiary/aromatic N) is 4. The molecule has 1 fully saturated rings. The smallest absolute Gasteiger partial charge is 0.338 e. The van der Waals surface area contributed by atoms with Crippen molar-refractivity contribution in [3.63, 3.8) is 0 Å². The van der Waals surface area contributed by atoms with E-state index in [1.165, 1.54) is 24.4 Å². The lowest BCUT2D eigenvalue weighted by molar-refractivity contribution is -0.137. The van der Waals surface area contributed by atoms with Crippen LogP contribution >= 0.6 is 10.8 Å². The second kappa shape index (κ2) is 8.56. The van der Waals surface area contributed by atoms with E-state index in [4.69, 9.17) is 0 Å². The van der Waals surface area contributed by atoms with Crippen LogP contribution in [0.4, 0.5) is 24.7 Å². The van der Waals surface area contributed by atoms with E-state index < -0.39 is 23.5 Å². The van der Waals surface area contributed by atoms with Gasteiger partial charge < -0.3 is 10.3 Å². The number of aromatic amines is 1. The van der Waals surface area contributed by atoms with Crippen LogP contribution in [0.15, 0.2) is 40.2 Å². The minimum atomic E-state index is -4.58. The molecule has 4 N–H and O–H groups in total. The standard InChI is InChI=1S/C22H23F3N6O3S/c23-22(24,25)12-30-11-14-9-15(5-6-18(14)35(30,33)34)28-20-19-17(7-8-27-21(19)32)31(29-20)16-4-2-1-3-13(16)10-26/h5-9,13,16,33-34H,1-4,11-12H2,(H,27,32)(H,28,29). The molecule has 0 spiro atoms. The van der Waals surface area contributed by atoms with Gasteiger partial charge in [-0.05, 0) is 42.7 Å². The number of hydrogen-bond donors (Lipinski definition) is 4. The van der Waals surface area contributed by atoms with Gasteiger partial charge in [0.25, 0.3) is 5.56 Å². The van der Waals surface area contributed by atoms with Crippen molar-refractivity contribution in [1.29, 1.82) is 5.26 Å². The van der Waals surface area contributed by atoms with Crippen molar-refractivity contribution in [1.82, 2.24) is 19.1 Å². The molecule has 2 unspecified atom stereocenters.